The molecule has 2 unspecified atom stereocenters. The Morgan fingerprint density at radius 2 is 1.71 bits per heavy atom. The maximum absolute atomic E-state index is 12.6. The number of nitrogens with zero attached hydrogens (tertiary/aromatic N) is 4. The number of aryl methyl sites for hydroxylation is 1. The normalized spacial score (nSPS) is 21.2. The molecule has 0 bridgehead atoms. The first-order valence-corrected chi connectivity index (χ1v) is 22.5. The van der Waals surface area contributed by atoms with Crippen molar-refractivity contribution < 1.29 is 80.5 Å². The molecule has 0 aliphatic carbocycles. The van der Waals surface area contributed by atoms with E-state index in [2.05, 4.69) is 43.5 Å². The lowest BCUT2D eigenvalue weighted by Gasteiger charge is -2.36. The summed E-state index contributed by atoms with van der Waals surface area (Å²) in [6.07, 6.45) is -6.65. The molecule has 1 aliphatic heterocycles. The van der Waals surface area contributed by atoms with Gasteiger partial charge in [-0.15, -0.1) is 0 Å². The molecular formula is C30H40N7O17P3S-4. The predicted molar refractivity (Wildman–Crippen MR) is 193 cm³/mol. The van der Waals surface area contributed by atoms with Crippen LogP contribution >= 0.6 is 35.2 Å². The summed E-state index contributed by atoms with van der Waals surface area (Å²) >= 11 is 1.08. The molecule has 1 saturated heterocycles. The summed E-state index contributed by atoms with van der Waals surface area (Å²) in [6.45, 7) is 0.0940. The van der Waals surface area contributed by atoms with Gasteiger partial charge in [-0.05, 0) is 12.0 Å². The van der Waals surface area contributed by atoms with E-state index in [0.717, 1.165) is 34.5 Å². The van der Waals surface area contributed by atoms with Gasteiger partial charge in [0.05, 0.1) is 27.4 Å². The molecule has 2 aromatic heterocycles. The highest BCUT2D eigenvalue weighted by molar-refractivity contribution is 8.13. The van der Waals surface area contributed by atoms with Crippen molar-refractivity contribution in [3.8, 4) is 0 Å². The molecule has 24 nitrogen and oxygen atoms in total. The zero-order valence-corrected chi connectivity index (χ0v) is 34.2. The van der Waals surface area contributed by atoms with Crippen LogP contribution in [0.25, 0.3) is 11.2 Å². The lowest BCUT2D eigenvalue weighted by atomic mass is 9.87. The van der Waals surface area contributed by atoms with Gasteiger partial charge in [-0.2, -0.15) is 0 Å². The van der Waals surface area contributed by atoms with Crippen LogP contribution in [-0.2, 0) is 57.1 Å². The maximum Gasteiger partial charge on any atom is 0.274 e. The Morgan fingerprint density at radius 1 is 1.02 bits per heavy atom. The van der Waals surface area contributed by atoms with Crippen LogP contribution in [0.1, 0.15) is 38.5 Å². The number of aliphatic hydroxyl groups excluding tert-OH is 2. The Kier molecular flexibility index (Phi) is 16.7. The molecule has 0 saturated carbocycles. The van der Waals surface area contributed by atoms with Gasteiger partial charge < -0.3 is 69.0 Å². The number of nitrogens with one attached hydrogen (secondary N) is 2. The molecule has 0 radical (unpaired) electrons. The lowest BCUT2D eigenvalue weighted by molar-refractivity contribution is -0.347. The number of nitrogens with two attached hydrogens (primary N) is 1. The quantitative estimate of drug-likeness (QED) is 0.0526. The molecule has 58 heavy (non-hydrogen) atoms. The van der Waals surface area contributed by atoms with Gasteiger partial charge >= 0.3 is 0 Å². The van der Waals surface area contributed by atoms with Crippen LogP contribution in [0.3, 0.4) is 0 Å². The van der Waals surface area contributed by atoms with E-state index >= 15 is 0 Å². The number of thioether (sulfide) groups is 1. The molecular weight excluding hydrogens is 855 g/mol. The fourth-order valence-electron chi connectivity index (χ4n) is 5.24. The minimum atomic E-state index is -5.92. The Hall–Kier alpha value is -3.22. The summed E-state index contributed by atoms with van der Waals surface area (Å²) < 4.78 is 60.6. The number of carbonyl (C=O) groups is 3. The topological polar surface area (TPSA) is 375 Å². The van der Waals surface area contributed by atoms with Crippen molar-refractivity contribution in [1.82, 2.24) is 30.2 Å². The van der Waals surface area contributed by atoms with E-state index in [9.17, 15) is 57.9 Å². The minimum Gasteiger partial charge on any atom is -0.790 e. The van der Waals surface area contributed by atoms with Crippen LogP contribution in [0.2, 0.25) is 0 Å². The van der Waals surface area contributed by atoms with Gasteiger partial charge in [0.15, 0.2) is 22.8 Å². The first kappa shape index (κ1) is 47.5. The lowest BCUT2D eigenvalue weighted by Crippen LogP contribution is -2.46. The third-order valence-corrected chi connectivity index (χ3v) is 12.1. The fourth-order valence-corrected chi connectivity index (χ4v) is 8.65. The Morgan fingerprint density at radius 3 is 2.40 bits per heavy atom. The van der Waals surface area contributed by atoms with Crippen LogP contribution in [0.5, 0.6) is 0 Å². The van der Waals surface area contributed by atoms with E-state index in [0.29, 0.717) is 18.6 Å². The molecule has 4 rings (SSSR count). The smallest absolute Gasteiger partial charge is 0.274 e. The van der Waals surface area contributed by atoms with E-state index in [4.69, 9.17) is 10.5 Å². The number of hydrogen-bond donors (Lipinski definition) is 5. The third kappa shape index (κ3) is 14.2. The largest absolute Gasteiger partial charge is 0.790 e. The zero-order chi connectivity index (χ0) is 42.9. The molecule has 2 amide bonds. The Labute approximate surface area is 334 Å². The SMILES string of the molecule is CC(C)(COP(=O)([O-])OP(=O)([O-])OC[C@H]1O[C@@H](n2cnc3c(N)ncnc32)[C@H](O)[C@@H]1OP(=O)([O-])[O-])[C@@H](O)C(=O)NCCC(=O)NCCSC(=O)CCc1ccccc1. The van der Waals surface area contributed by atoms with Gasteiger partial charge in [0.2, 0.25) is 11.8 Å². The number of aliphatic hydroxyl groups is 2. The summed E-state index contributed by atoms with van der Waals surface area (Å²) in [6, 6.07) is 9.49. The summed E-state index contributed by atoms with van der Waals surface area (Å²) in [7, 11) is -17.6. The second kappa shape index (κ2) is 20.4. The van der Waals surface area contributed by atoms with Gasteiger partial charge in [0, 0.05) is 37.1 Å². The molecule has 1 aliphatic rings. The molecule has 0 spiro atoms. The van der Waals surface area contributed by atoms with Crippen molar-refractivity contribution >= 4 is 69.1 Å². The number of benzene rings is 1. The molecule has 3 heterocycles. The summed E-state index contributed by atoms with van der Waals surface area (Å²) in [4.78, 5) is 96.3. The summed E-state index contributed by atoms with van der Waals surface area (Å²) in [5.74, 6) is -1.21. The number of ether oxygens (including phenoxy) is 1. The number of carbonyl (C=O) groups excluding carboxylic acids is 3. The van der Waals surface area contributed by atoms with Crippen LogP contribution in [0, 0.1) is 5.41 Å². The standard InChI is InChI=1S/C30H44N7O17P3S/c1-30(2,25(41)28(42)33-11-10-20(38)32-12-13-58-21(39)9-8-18-6-4-3-5-7-18)15-51-57(48,49)54-56(46,47)50-14-19-24(53-55(43,44)45)23(40)29(52-19)37-17-36-22-26(31)34-16-35-27(22)37/h3-7,16-17,19,23-25,29,40-41H,8-15H2,1-2H3,(H,32,38)(H,33,42)(H,46,47)(H,48,49)(H2,31,34,35)(H2,43,44,45)/p-4/t19-,23-,24-,25+,29-/m1/s1. The number of nitrogen functional groups attached to an aromatic ring is 1. The summed E-state index contributed by atoms with van der Waals surface area (Å²) in [5.41, 5.74) is 5.10. The van der Waals surface area contributed by atoms with E-state index in [1.807, 2.05) is 30.3 Å². The van der Waals surface area contributed by atoms with Gasteiger partial charge in [0.1, 0.15) is 36.3 Å². The number of hydrogen-bond acceptors (Lipinski definition) is 22. The molecule has 3 aromatic rings. The number of aromatic nitrogens is 4. The Balaban J connectivity index is 1.20. The number of amides is 2. The number of fused-ring (bicyclic) bond motifs is 1. The molecule has 1 aromatic carbocycles. The molecule has 1 fully saturated rings. The molecule has 7 atom stereocenters. The first-order valence-electron chi connectivity index (χ1n) is 17.1. The van der Waals surface area contributed by atoms with Crippen LogP contribution in [0.15, 0.2) is 43.0 Å². The van der Waals surface area contributed by atoms with E-state index in [1.165, 1.54) is 13.8 Å². The van der Waals surface area contributed by atoms with E-state index in [1.54, 1.807) is 0 Å². The highest BCUT2D eigenvalue weighted by Crippen LogP contribution is 2.56. The van der Waals surface area contributed by atoms with Crippen molar-refractivity contribution in [3.05, 3.63) is 48.5 Å². The number of rotatable bonds is 22. The first-order chi connectivity index (χ1) is 27.1. The molecule has 28 heteroatoms. The predicted octanol–water partition coefficient (Wildman–Crippen LogP) is -2.23. The number of imidazole rings is 1. The summed E-state index contributed by atoms with van der Waals surface area (Å²) in [5, 5.41) is 26.2. The van der Waals surface area contributed by atoms with Crippen LogP contribution < -0.4 is 35.9 Å². The van der Waals surface area contributed by atoms with Crippen LogP contribution in [0.4, 0.5) is 5.82 Å². The zero-order valence-electron chi connectivity index (χ0n) is 30.7. The minimum absolute atomic E-state index is 0.0218. The van der Waals surface area contributed by atoms with Crippen LogP contribution in [-0.4, -0.2) is 103 Å². The van der Waals surface area contributed by atoms with Crippen molar-refractivity contribution in [2.75, 3.05) is 37.8 Å². The van der Waals surface area contributed by atoms with Gasteiger partial charge in [-0.1, -0.05) is 55.9 Å². The Bertz CT molecular complexity index is 2040. The van der Waals surface area contributed by atoms with E-state index in [-0.39, 0.29) is 41.6 Å². The highest BCUT2D eigenvalue weighted by Gasteiger charge is 2.47. The van der Waals surface area contributed by atoms with Crippen molar-refractivity contribution in [2.45, 2.75) is 63.8 Å². The number of phosphoric ester groups is 3. The second-order valence-corrected chi connectivity index (χ2v) is 18.4. The number of anilines is 1. The van der Waals surface area contributed by atoms with E-state index < -0.39 is 84.6 Å². The second-order valence-electron chi connectivity index (χ2n) is 13.2. The molecule has 322 valence electrons. The monoisotopic (exact) mass is 895 g/mol. The number of phosphoric acid groups is 3. The van der Waals surface area contributed by atoms with Gasteiger partial charge in [-0.3, -0.25) is 28.1 Å². The van der Waals surface area contributed by atoms with Crippen molar-refractivity contribution in [3.63, 3.8) is 0 Å². The van der Waals surface area contributed by atoms with Crippen molar-refractivity contribution in [1.29, 1.82) is 0 Å². The van der Waals surface area contributed by atoms with Gasteiger partial charge in [-0.25, -0.2) is 19.3 Å². The third-order valence-electron chi connectivity index (χ3n) is 8.20. The maximum atomic E-state index is 12.6. The fraction of sp³-hybridized carbons (Fsp3) is 0.533. The average Bonchev–Trinajstić information content (AvgIpc) is 3.71. The average molecular weight is 896 g/mol. The van der Waals surface area contributed by atoms with Crippen molar-refractivity contribution in [2.24, 2.45) is 5.41 Å². The van der Waals surface area contributed by atoms with Gasteiger partial charge in [0.25, 0.3) is 15.6 Å². The molecule has 6 N–H and O–H groups in total. The highest BCUT2D eigenvalue weighted by atomic mass is 32.2.